The minimum Gasteiger partial charge on any atom is -0.325 e. The van der Waals surface area contributed by atoms with Crippen LogP contribution in [0.2, 0.25) is 5.02 Å². The van der Waals surface area contributed by atoms with Gasteiger partial charge in [0, 0.05) is 18.5 Å². The maximum absolute atomic E-state index is 12.4. The van der Waals surface area contributed by atoms with Crippen LogP contribution in [0.25, 0.3) is 0 Å². The number of para-hydroxylation sites is 1. The monoisotopic (exact) mass is 342 g/mol. The number of nitrogens with zero attached hydrogens (tertiary/aromatic N) is 1. The van der Waals surface area contributed by atoms with Gasteiger partial charge in [-0.1, -0.05) is 41.9 Å². The molecule has 1 heterocycles. The lowest BCUT2D eigenvalue weighted by molar-refractivity contribution is -0.128. The number of carbonyl (C=O) groups is 3. The van der Waals surface area contributed by atoms with Gasteiger partial charge in [0.1, 0.15) is 0 Å². The van der Waals surface area contributed by atoms with Crippen LogP contribution in [0.3, 0.4) is 0 Å². The molecule has 0 saturated carbocycles. The van der Waals surface area contributed by atoms with Gasteiger partial charge < -0.3 is 5.32 Å². The number of anilines is 1. The lowest BCUT2D eigenvalue weighted by atomic mass is 9.98. The maximum atomic E-state index is 12.4. The van der Waals surface area contributed by atoms with Gasteiger partial charge in [-0.15, -0.1) is 0 Å². The molecule has 0 spiro atoms. The number of carbonyl (C=O) groups excluding carboxylic acids is 3. The molecule has 0 unspecified atom stereocenters. The molecular weight excluding hydrogens is 328 g/mol. The van der Waals surface area contributed by atoms with E-state index in [9.17, 15) is 14.4 Å². The number of hydrogen-bond donors (Lipinski definition) is 1. The number of rotatable bonds is 4. The quantitative estimate of drug-likeness (QED) is 0.869. The van der Waals surface area contributed by atoms with Gasteiger partial charge >= 0.3 is 0 Å². The van der Waals surface area contributed by atoms with Gasteiger partial charge in [-0.05, 0) is 23.8 Å². The van der Waals surface area contributed by atoms with E-state index in [1.165, 1.54) is 0 Å². The first kappa shape index (κ1) is 16.2. The molecule has 24 heavy (non-hydrogen) atoms. The zero-order chi connectivity index (χ0) is 17.1. The Balaban J connectivity index is 1.64. The highest BCUT2D eigenvalue weighted by molar-refractivity contribution is 6.33. The summed E-state index contributed by atoms with van der Waals surface area (Å²) < 4.78 is 0. The highest BCUT2D eigenvalue weighted by atomic mass is 35.5. The van der Waals surface area contributed by atoms with Crippen LogP contribution in [-0.2, 0) is 16.0 Å². The zero-order valence-electron chi connectivity index (χ0n) is 12.8. The van der Waals surface area contributed by atoms with E-state index < -0.39 is 0 Å². The average molecular weight is 343 g/mol. The summed E-state index contributed by atoms with van der Waals surface area (Å²) >= 11 is 5.99. The molecule has 6 heteroatoms. The fourth-order valence-electron chi connectivity index (χ4n) is 2.61. The number of imide groups is 1. The normalized spacial score (nSPS) is 13.6. The van der Waals surface area contributed by atoms with Crippen molar-refractivity contribution in [3.63, 3.8) is 0 Å². The molecule has 0 radical (unpaired) electrons. The van der Waals surface area contributed by atoms with Crippen molar-refractivity contribution in [1.82, 2.24) is 4.90 Å². The SMILES string of the molecule is O=C(CCN1C(=O)Cc2ccccc2C1=O)Nc1ccccc1Cl. The Morgan fingerprint density at radius 3 is 2.58 bits per heavy atom. The summed E-state index contributed by atoms with van der Waals surface area (Å²) in [6.07, 6.45) is 0.193. The lowest BCUT2D eigenvalue weighted by Gasteiger charge is -2.26. The van der Waals surface area contributed by atoms with Crippen molar-refractivity contribution < 1.29 is 14.4 Å². The molecular formula is C18H15ClN2O3. The molecule has 0 aliphatic carbocycles. The number of benzene rings is 2. The second-order valence-electron chi connectivity index (χ2n) is 5.46. The first-order chi connectivity index (χ1) is 11.6. The van der Waals surface area contributed by atoms with Crippen LogP contribution in [-0.4, -0.2) is 29.2 Å². The van der Waals surface area contributed by atoms with E-state index in [1.54, 1.807) is 48.5 Å². The predicted molar refractivity (Wildman–Crippen MR) is 90.9 cm³/mol. The molecule has 3 rings (SSSR count). The van der Waals surface area contributed by atoms with E-state index in [-0.39, 0.29) is 37.1 Å². The molecule has 3 amide bonds. The smallest absolute Gasteiger partial charge is 0.260 e. The lowest BCUT2D eigenvalue weighted by Crippen LogP contribution is -2.43. The Hall–Kier alpha value is -2.66. The Labute approximate surface area is 144 Å². The molecule has 1 aliphatic rings. The minimum absolute atomic E-state index is 0.0187. The van der Waals surface area contributed by atoms with Gasteiger partial charge in [0.25, 0.3) is 5.91 Å². The molecule has 1 aliphatic heterocycles. The molecule has 1 N–H and O–H groups in total. The van der Waals surface area contributed by atoms with Crippen molar-refractivity contribution in [2.24, 2.45) is 0 Å². The Kier molecular flexibility index (Phi) is 4.62. The van der Waals surface area contributed by atoms with E-state index in [4.69, 9.17) is 11.6 Å². The second-order valence-corrected chi connectivity index (χ2v) is 5.87. The van der Waals surface area contributed by atoms with Crippen LogP contribution in [0.1, 0.15) is 22.3 Å². The molecule has 0 bridgehead atoms. The standard InChI is InChI=1S/C18H15ClN2O3/c19-14-7-3-4-8-15(14)20-16(22)9-10-21-17(23)11-12-5-1-2-6-13(12)18(21)24/h1-8H,9-11H2,(H,20,22). The highest BCUT2D eigenvalue weighted by Gasteiger charge is 2.30. The fourth-order valence-corrected chi connectivity index (χ4v) is 2.80. The van der Waals surface area contributed by atoms with Crippen LogP contribution < -0.4 is 5.32 Å². The second kappa shape index (κ2) is 6.84. The molecule has 5 nitrogen and oxygen atoms in total. The summed E-state index contributed by atoms with van der Waals surface area (Å²) in [5, 5.41) is 3.11. The third kappa shape index (κ3) is 3.31. The largest absolute Gasteiger partial charge is 0.325 e. The minimum atomic E-state index is -0.354. The van der Waals surface area contributed by atoms with E-state index in [0.717, 1.165) is 10.5 Å². The van der Waals surface area contributed by atoms with Crippen LogP contribution in [0.5, 0.6) is 0 Å². The van der Waals surface area contributed by atoms with Gasteiger partial charge in [-0.2, -0.15) is 0 Å². The molecule has 2 aromatic carbocycles. The van der Waals surface area contributed by atoms with Crippen LogP contribution in [0.4, 0.5) is 5.69 Å². The summed E-state index contributed by atoms with van der Waals surface area (Å²) in [5.74, 6) is -0.945. The Bertz CT molecular complexity index is 819. The van der Waals surface area contributed by atoms with Crippen molar-refractivity contribution in [1.29, 1.82) is 0 Å². The van der Waals surface area contributed by atoms with Gasteiger partial charge in [-0.3, -0.25) is 19.3 Å². The fraction of sp³-hybridized carbons (Fsp3) is 0.167. The maximum Gasteiger partial charge on any atom is 0.260 e. The van der Waals surface area contributed by atoms with Crippen LogP contribution >= 0.6 is 11.6 Å². The summed E-state index contributed by atoms with van der Waals surface area (Å²) in [4.78, 5) is 37.7. The summed E-state index contributed by atoms with van der Waals surface area (Å²) in [5.41, 5.74) is 1.75. The van der Waals surface area contributed by atoms with Gasteiger partial charge in [0.15, 0.2) is 0 Å². The predicted octanol–water partition coefficient (Wildman–Crippen LogP) is 2.89. The first-order valence-corrected chi connectivity index (χ1v) is 7.91. The van der Waals surface area contributed by atoms with Crippen molar-refractivity contribution in [2.75, 3.05) is 11.9 Å². The van der Waals surface area contributed by atoms with Crippen LogP contribution in [0, 0.1) is 0 Å². The molecule has 0 fully saturated rings. The number of halogens is 1. The van der Waals surface area contributed by atoms with Gasteiger partial charge in [-0.25, -0.2) is 0 Å². The molecule has 2 aromatic rings. The topological polar surface area (TPSA) is 66.5 Å². The van der Waals surface area contributed by atoms with E-state index in [1.807, 2.05) is 0 Å². The molecule has 122 valence electrons. The van der Waals surface area contributed by atoms with E-state index in [2.05, 4.69) is 5.32 Å². The third-order valence-corrected chi connectivity index (χ3v) is 4.18. The number of hydrogen-bond acceptors (Lipinski definition) is 3. The highest BCUT2D eigenvalue weighted by Crippen LogP contribution is 2.22. The van der Waals surface area contributed by atoms with Gasteiger partial charge in [0.05, 0.1) is 17.1 Å². The summed E-state index contributed by atoms with van der Waals surface area (Å²) in [7, 11) is 0. The van der Waals surface area contributed by atoms with E-state index >= 15 is 0 Å². The Morgan fingerprint density at radius 2 is 1.79 bits per heavy atom. The molecule has 0 atom stereocenters. The van der Waals surface area contributed by atoms with Crippen molar-refractivity contribution >= 4 is 35.0 Å². The molecule has 0 saturated heterocycles. The van der Waals surface area contributed by atoms with E-state index in [0.29, 0.717) is 16.3 Å². The van der Waals surface area contributed by atoms with Crippen molar-refractivity contribution in [2.45, 2.75) is 12.8 Å². The van der Waals surface area contributed by atoms with Crippen molar-refractivity contribution in [3.8, 4) is 0 Å². The average Bonchev–Trinajstić information content (AvgIpc) is 2.57. The number of amides is 3. The van der Waals surface area contributed by atoms with Gasteiger partial charge in [0.2, 0.25) is 11.8 Å². The number of nitrogens with one attached hydrogen (secondary N) is 1. The Morgan fingerprint density at radius 1 is 1.08 bits per heavy atom. The number of fused-ring (bicyclic) bond motifs is 1. The summed E-state index contributed by atoms with van der Waals surface area (Å²) in [6.45, 7) is 0.0439. The first-order valence-electron chi connectivity index (χ1n) is 7.53. The third-order valence-electron chi connectivity index (χ3n) is 3.85. The van der Waals surface area contributed by atoms with Crippen molar-refractivity contribution in [3.05, 3.63) is 64.7 Å². The van der Waals surface area contributed by atoms with Crippen LogP contribution in [0.15, 0.2) is 48.5 Å². The summed E-state index contributed by atoms with van der Waals surface area (Å²) in [6, 6.07) is 13.9. The zero-order valence-corrected chi connectivity index (χ0v) is 13.5. The molecule has 0 aromatic heterocycles.